The van der Waals surface area contributed by atoms with E-state index >= 15 is 0 Å². The molecule has 3 heteroatoms. The summed E-state index contributed by atoms with van der Waals surface area (Å²) in [5, 5.41) is 0. The normalized spacial score (nSPS) is 20.2. The Hall–Kier alpha value is -1.35. The molecule has 2 N–H and O–H groups in total. The van der Waals surface area contributed by atoms with E-state index in [2.05, 4.69) is 12.1 Å². The Balaban J connectivity index is 2.21. The summed E-state index contributed by atoms with van der Waals surface area (Å²) in [6, 6.07) is 10.5. The summed E-state index contributed by atoms with van der Waals surface area (Å²) in [4.78, 5) is 14.5. The zero-order chi connectivity index (χ0) is 13.2. The van der Waals surface area contributed by atoms with Crippen molar-refractivity contribution in [3.8, 4) is 0 Å². The van der Waals surface area contributed by atoms with Crippen molar-refractivity contribution in [3.05, 3.63) is 35.9 Å². The van der Waals surface area contributed by atoms with Crippen molar-refractivity contribution >= 4 is 5.91 Å². The van der Waals surface area contributed by atoms with Crippen LogP contribution in [0.5, 0.6) is 0 Å². The van der Waals surface area contributed by atoms with Gasteiger partial charge < -0.3 is 10.6 Å². The van der Waals surface area contributed by atoms with Gasteiger partial charge in [0, 0.05) is 13.1 Å². The topological polar surface area (TPSA) is 46.3 Å². The fraction of sp³-hybridized carbons (Fsp3) is 0.533. The first-order valence-corrected chi connectivity index (χ1v) is 6.62. The number of benzene rings is 1. The lowest BCUT2D eigenvalue weighted by molar-refractivity contribution is -0.140. The van der Waals surface area contributed by atoms with Crippen LogP contribution in [0.25, 0.3) is 0 Å². The van der Waals surface area contributed by atoms with E-state index in [1.54, 1.807) is 0 Å². The number of carbonyl (C=O) groups excluding carboxylic acids is 1. The number of likely N-dealkylation sites (tertiary alicyclic amines) is 1. The minimum atomic E-state index is -0.461. The van der Waals surface area contributed by atoms with E-state index in [9.17, 15) is 4.79 Å². The summed E-state index contributed by atoms with van der Waals surface area (Å²) < 4.78 is 0. The van der Waals surface area contributed by atoms with Gasteiger partial charge in [-0.3, -0.25) is 4.79 Å². The monoisotopic (exact) mass is 246 g/mol. The minimum absolute atomic E-state index is 0.177. The molecular formula is C15H22N2O. The molecule has 1 aromatic carbocycles. The Kier molecular flexibility index (Phi) is 3.71. The maximum atomic E-state index is 12.5. The van der Waals surface area contributed by atoms with Gasteiger partial charge in [0.25, 0.3) is 0 Å². The highest BCUT2D eigenvalue weighted by Gasteiger charge is 2.37. The van der Waals surface area contributed by atoms with Crippen molar-refractivity contribution in [1.82, 2.24) is 4.90 Å². The molecule has 0 bridgehead atoms. The van der Waals surface area contributed by atoms with Crippen LogP contribution < -0.4 is 5.73 Å². The van der Waals surface area contributed by atoms with Gasteiger partial charge in [-0.15, -0.1) is 0 Å². The Labute approximate surface area is 109 Å². The summed E-state index contributed by atoms with van der Waals surface area (Å²) in [5.41, 5.74) is 6.48. The molecule has 0 saturated carbocycles. The Morgan fingerprint density at radius 3 is 2.67 bits per heavy atom. The fourth-order valence-electron chi connectivity index (χ4n) is 2.51. The van der Waals surface area contributed by atoms with Gasteiger partial charge in [-0.2, -0.15) is 0 Å². The third-order valence-corrected chi connectivity index (χ3v) is 3.79. The molecule has 0 aromatic heterocycles. The number of nitrogens with zero attached hydrogens (tertiary/aromatic N) is 1. The Bertz CT molecular complexity index is 414. The highest BCUT2D eigenvalue weighted by atomic mass is 16.2. The maximum absolute atomic E-state index is 12.5. The van der Waals surface area contributed by atoms with Crippen molar-refractivity contribution in [1.29, 1.82) is 0 Å². The number of nitrogens with two attached hydrogens (primary N) is 1. The highest BCUT2D eigenvalue weighted by Crippen LogP contribution is 2.34. The number of hydrogen-bond acceptors (Lipinski definition) is 2. The molecule has 1 fully saturated rings. The summed E-state index contributed by atoms with van der Waals surface area (Å²) >= 11 is 0. The molecule has 2 rings (SSSR count). The number of amides is 1. The molecule has 0 radical (unpaired) electrons. The van der Waals surface area contributed by atoms with Crippen LogP contribution >= 0.6 is 0 Å². The van der Waals surface area contributed by atoms with Crippen LogP contribution in [0.4, 0.5) is 0 Å². The smallest absolute Gasteiger partial charge is 0.230 e. The summed E-state index contributed by atoms with van der Waals surface area (Å²) in [6.45, 7) is 5.09. The predicted octanol–water partition coefficient (Wildman–Crippen LogP) is 2.33. The molecule has 18 heavy (non-hydrogen) atoms. The van der Waals surface area contributed by atoms with Gasteiger partial charge in [0.2, 0.25) is 5.91 Å². The quantitative estimate of drug-likeness (QED) is 0.889. The molecule has 0 spiro atoms. The van der Waals surface area contributed by atoms with Gasteiger partial charge in [-0.05, 0) is 32.3 Å². The van der Waals surface area contributed by atoms with E-state index in [1.807, 2.05) is 36.9 Å². The van der Waals surface area contributed by atoms with Gasteiger partial charge in [-0.1, -0.05) is 30.3 Å². The number of carbonyl (C=O) groups is 1. The van der Waals surface area contributed by atoms with Gasteiger partial charge >= 0.3 is 0 Å². The fourth-order valence-corrected chi connectivity index (χ4v) is 2.51. The molecule has 1 saturated heterocycles. The first-order chi connectivity index (χ1) is 8.56. The third kappa shape index (κ3) is 2.41. The van der Waals surface area contributed by atoms with Gasteiger partial charge in [0.15, 0.2) is 0 Å². The molecule has 0 aliphatic carbocycles. The van der Waals surface area contributed by atoms with E-state index in [0.29, 0.717) is 6.54 Å². The average molecular weight is 246 g/mol. The minimum Gasteiger partial charge on any atom is -0.335 e. The second-order valence-corrected chi connectivity index (χ2v) is 5.66. The third-order valence-electron chi connectivity index (χ3n) is 3.79. The van der Waals surface area contributed by atoms with Gasteiger partial charge in [-0.25, -0.2) is 0 Å². The molecule has 1 aliphatic rings. The van der Waals surface area contributed by atoms with Crippen molar-refractivity contribution < 1.29 is 4.79 Å². The van der Waals surface area contributed by atoms with E-state index in [4.69, 9.17) is 5.73 Å². The largest absolute Gasteiger partial charge is 0.335 e. The van der Waals surface area contributed by atoms with Crippen molar-refractivity contribution in [2.45, 2.75) is 32.7 Å². The molecule has 98 valence electrons. The van der Waals surface area contributed by atoms with Crippen molar-refractivity contribution in [2.24, 2.45) is 11.1 Å². The predicted molar refractivity (Wildman–Crippen MR) is 73.0 cm³/mol. The number of rotatable bonds is 3. The van der Waals surface area contributed by atoms with Crippen LogP contribution in [0.15, 0.2) is 30.3 Å². The standard InChI is InChI=1S/C15H22N2O/c1-15(2,11-16)14(18)17-10-6-9-13(17)12-7-4-3-5-8-12/h3-5,7-8,13H,6,9-11,16H2,1-2H3. The van der Waals surface area contributed by atoms with Crippen molar-refractivity contribution in [2.75, 3.05) is 13.1 Å². The molecular weight excluding hydrogens is 224 g/mol. The van der Waals surface area contributed by atoms with Crippen LogP contribution in [0.2, 0.25) is 0 Å². The van der Waals surface area contributed by atoms with Crippen LogP contribution in [0.1, 0.15) is 38.3 Å². The van der Waals surface area contributed by atoms with E-state index < -0.39 is 5.41 Å². The highest BCUT2D eigenvalue weighted by molar-refractivity contribution is 5.83. The zero-order valence-corrected chi connectivity index (χ0v) is 11.2. The summed E-state index contributed by atoms with van der Waals surface area (Å²) in [6.07, 6.45) is 2.13. The summed E-state index contributed by atoms with van der Waals surface area (Å²) in [5.74, 6) is 0.177. The Morgan fingerprint density at radius 1 is 1.39 bits per heavy atom. The van der Waals surface area contributed by atoms with Crippen molar-refractivity contribution in [3.63, 3.8) is 0 Å². The number of hydrogen-bond donors (Lipinski definition) is 1. The summed E-state index contributed by atoms with van der Waals surface area (Å²) in [7, 11) is 0. The molecule has 3 nitrogen and oxygen atoms in total. The second-order valence-electron chi connectivity index (χ2n) is 5.66. The molecule has 1 heterocycles. The molecule has 1 atom stereocenters. The van der Waals surface area contributed by atoms with Crippen LogP contribution in [-0.4, -0.2) is 23.9 Å². The van der Waals surface area contributed by atoms with E-state index in [-0.39, 0.29) is 11.9 Å². The van der Waals surface area contributed by atoms with Crippen LogP contribution in [0, 0.1) is 5.41 Å². The average Bonchev–Trinajstić information content (AvgIpc) is 2.87. The SMILES string of the molecule is CC(C)(CN)C(=O)N1CCCC1c1ccccc1. The zero-order valence-electron chi connectivity index (χ0n) is 11.2. The maximum Gasteiger partial charge on any atom is 0.230 e. The molecule has 1 aliphatic heterocycles. The first kappa shape index (κ1) is 13.1. The van der Waals surface area contributed by atoms with E-state index in [0.717, 1.165) is 19.4 Å². The van der Waals surface area contributed by atoms with Crippen LogP contribution in [-0.2, 0) is 4.79 Å². The lowest BCUT2D eigenvalue weighted by atomic mass is 9.91. The molecule has 1 unspecified atom stereocenters. The lowest BCUT2D eigenvalue weighted by Crippen LogP contribution is -2.44. The van der Waals surface area contributed by atoms with E-state index in [1.165, 1.54) is 5.56 Å². The first-order valence-electron chi connectivity index (χ1n) is 6.62. The second kappa shape index (κ2) is 5.11. The van der Waals surface area contributed by atoms with Crippen LogP contribution in [0.3, 0.4) is 0 Å². The molecule has 1 aromatic rings. The van der Waals surface area contributed by atoms with Gasteiger partial charge in [0.1, 0.15) is 0 Å². The van der Waals surface area contributed by atoms with Gasteiger partial charge in [0.05, 0.1) is 11.5 Å². The Morgan fingerprint density at radius 2 is 2.06 bits per heavy atom. The lowest BCUT2D eigenvalue weighted by Gasteiger charge is -2.32. The molecule has 1 amide bonds.